The van der Waals surface area contributed by atoms with Crippen LogP contribution in [0.3, 0.4) is 0 Å². The Hall–Kier alpha value is -2.97. The number of fused-ring (bicyclic) bond motifs is 1. The maximum atomic E-state index is 14.0. The zero-order chi connectivity index (χ0) is 23.6. The highest BCUT2D eigenvalue weighted by molar-refractivity contribution is 7.89. The average Bonchev–Trinajstić information content (AvgIpc) is 3.16. The lowest BCUT2D eigenvalue weighted by atomic mass is 9.95. The maximum Gasteiger partial charge on any atom is 0.244 e. The number of rotatable bonds is 7. The van der Waals surface area contributed by atoms with Gasteiger partial charge in [0.1, 0.15) is 35.8 Å². The Bertz CT molecular complexity index is 1290. The molecule has 174 valence electrons. The summed E-state index contributed by atoms with van der Waals surface area (Å²) >= 11 is 0. The summed E-state index contributed by atoms with van der Waals surface area (Å²) in [5.74, 6) is -0.365. The summed E-state index contributed by atoms with van der Waals surface area (Å²) in [6.07, 6.45) is 6.96. The van der Waals surface area contributed by atoms with Crippen LogP contribution in [0.15, 0.2) is 35.5 Å². The molecule has 1 fully saturated rings. The van der Waals surface area contributed by atoms with Crippen molar-refractivity contribution in [2.24, 2.45) is 0 Å². The van der Waals surface area contributed by atoms with E-state index in [1.165, 1.54) is 12.1 Å². The van der Waals surface area contributed by atoms with E-state index in [9.17, 15) is 26.9 Å². The first kappa shape index (κ1) is 23.2. The summed E-state index contributed by atoms with van der Waals surface area (Å²) in [6, 6.07) is 4.95. The number of nitrogens with zero attached hydrogens (tertiary/aromatic N) is 4. The van der Waals surface area contributed by atoms with Crippen molar-refractivity contribution >= 4 is 20.9 Å². The Morgan fingerprint density at radius 2 is 1.82 bits per heavy atom. The molecule has 2 heterocycles. The number of alkyl halides is 2. The van der Waals surface area contributed by atoms with Gasteiger partial charge in [-0.1, -0.05) is 19.3 Å². The molecule has 1 aromatic carbocycles. The minimum Gasteiger partial charge on any atom is -0.334 e. The summed E-state index contributed by atoms with van der Waals surface area (Å²) in [4.78, 5) is 7.99. The number of nitriles is 1. The van der Waals surface area contributed by atoms with E-state index in [-0.39, 0.29) is 22.3 Å². The lowest BCUT2D eigenvalue weighted by Crippen LogP contribution is -2.38. The van der Waals surface area contributed by atoms with E-state index in [0.717, 1.165) is 44.5 Å². The van der Waals surface area contributed by atoms with Gasteiger partial charge in [0.05, 0.1) is 29.5 Å². The molecule has 0 amide bonds. The normalized spacial score (nSPS) is 15.2. The quantitative estimate of drug-likeness (QED) is 0.550. The van der Waals surface area contributed by atoms with E-state index in [1.807, 2.05) is 9.29 Å². The third-order valence-corrected chi connectivity index (χ3v) is 7.34. The van der Waals surface area contributed by atoms with Gasteiger partial charge in [-0.3, -0.25) is 0 Å². The lowest BCUT2D eigenvalue weighted by Gasteiger charge is -2.26. The molecule has 0 spiro atoms. The summed E-state index contributed by atoms with van der Waals surface area (Å²) < 4.78 is 68.2. The summed E-state index contributed by atoms with van der Waals surface area (Å²) in [5.41, 5.74) is 1.29. The van der Waals surface area contributed by atoms with Gasteiger partial charge in [-0.2, -0.15) is 5.26 Å². The molecule has 0 aliphatic heterocycles. The highest BCUT2D eigenvalue weighted by atomic mass is 32.2. The van der Waals surface area contributed by atoms with E-state index in [2.05, 4.69) is 16.0 Å². The van der Waals surface area contributed by atoms with Crippen LogP contribution in [0.25, 0.3) is 22.4 Å². The van der Waals surface area contributed by atoms with Crippen LogP contribution in [0.2, 0.25) is 0 Å². The van der Waals surface area contributed by atoms with Crippen LogP contribution >= 0.6 is 0 Å². The van der Waals surface area contributed by atoms with Gasteiger partial charge < -0.3 is 4.57 Å². The van der Waals surface area contributed by atoms with Gasteiger partial charge in [0, 0.05) is 11.4 Å². The van der Waals surface area contributed by atoms with Crippen molar-refractivity contribution < 1.29 is 21.6 Å². The second kappa shape index (κ2) is 9.49. The van der Waals surface area contributed by atoms with E-state index in [0.29, 0.717) is 16.6 Å². The number of halogens is 3. The largest absolute Gasteiger partial charge is 0.334 e. The number of hydrogen-bond acceptors (Lipinski definition) is 5. The summed E-state index contributed by atoms with van der Waals surface area (Å²) in [5, 5.41) is 10.3. The van der Waals surface area contributed by atoms with Crippen LogP contribution in [-0.2, 0) is 10.0 Å². The second-order valence-corrected chi connectivity index (χ2v) is 9.74. The monoisotopic (exact) mass is 477 g/mol. The number of sulfonamides is 1. The molecule has 3 aromatic rings. The minimum atomic E-state index is -4.24. The molecule has 0 saturated heterocycles. The van der Waals surface area contributed by atoms with E-state index < -0.39 is 35.2 Å². The highest BCUT2D eigenvalue weighted by Crippen LogP contribution is 2.39. The van der Waals surface area contributed by atoms with Crippen molar-refractivity contribution in [1.82, 2.24) is 19.3 Å². The predicted octanol–water partition coefficient (Wildman–Crippen LogP) is 4.20. The maximum absolute atomic E-state index is 14.0. The highest BCUT2D eigenvalue weighted by Gasteiger charge is 2.28. The van der Waals surface area contributed by atoms with Crippen molar-refractivity contribution in [2.45, 2.75) is 49.1 Å². The Labute approximate surface area is 189 Å². The Kier molecular flexibility index (Phi) is 6.67. The van der Waals surface area contributed by atoms with Crippen molar-refractivity contribution in [3.8, 4) is 17.6 Å². The van der Waals surface area contributed by atoms with Crippen LogP contribution in [-0.4, -0.2) is 42.3 Å². The summed E-state index contributed by atoms with van der Waals surface area (Å²) in [6.45, 7) is -2.39. The lowest BCUT2D eigenvalue weighted by molar-refractivity contribution is 0.334. The molecule has 1 saturated carbocycles. The predicted molar refractivity (Wildman–Crippen MR) is 116 cm³/mol. The molecule has 0 atom stereocenters. The molecule has 0 bridgehead atoms. The first-order valence-corrected chi connectivity index (χ1v) is 12.1. The van der Waals surface area contributed by atoms with Gasteiger partial charge in [-0.05, 0) is 31.0 Å². The first-order chi connectivity index (χ1) is 15.9. The van der Waals surface area contributed by atoms with Gasteiger partial charge in [0.15, 0.2) is 5.82 Å². The standard InChI is InChI=1S/C22H22F3N5O2S/c23-9-15(10-24)29-33(31,32)17-12-27-22(28-13-17)21-19(11-26)18-8-14(25)6-7-20(18)30(21)16-4-2-1-3-5-16/h6-8,12-13,15-16,29H,1-5,9-10H2. The molecule has 33 heavy (non-hydrogen) atoms. The van der Waals surface area contributed by atoms with E-state index in [1.54, 1.807) is 6.07 Å². The van der Waals surface area contributed by atoms with Crippen molar-refractivity contribution in [3.63, 3.8) is 0 Å². The molecule has 2 aromatic heterocycles. The van der Waals surface area contributed by atoms with Crippen molar-refractivity contribution in [2.75, 3.05) is 13.3 Å². The van der Waals surface area contributed by atoms with Crippen LogP contribution in [0, 0.1) is 17.1 Å². The van der Waals surface area contributed by atoms with Crippen LogP contribution in [0.1, 0.15) is 43.7 Å². The van der Waals surface area contributed by atoms with Crippen molar-refractivity contribution in [1.29, 1.82) is 5.26 Å². The fourth-order valence-corrected chi connectivity index (χ4v) is 5.39. The zero-order valence-electron chi connectivity index (χ0n) is 17.6. The molecule has 0 radical (unpaired) electrons. The topological polar surface area (TPSA) is 101 Å². The first-order valence-electron chi connectivity index (χ1n) is 10.6. The number of aromatic nitrogens is 3. The molecule has 11 heteroatoms. The summed E-state index contributed by atoms with van der Waals surface area (Å²) in [7, 11) is -4.24. The molecule has 1 aliphatic rings. The fourth-order valence-electron chi connectivity index (χ4n) is 4.31. The van der Waals surface area contributed by atoms with Gasteiger partial charge >= 0.3 is 0 Å². The molecular weight excluding hydrogens is 455 g/mol. The van der Waals surface area contributed by atoms with Gasteiger partial charge in [-0.25, -0.2) is 36.3 Å². The molecule has 1 aliphatic carbocycles. The Morgan fingerprint density at radius 1 is 1.15 bits per heavy atom. The van der Waals surface area contributed by atoms with Crippen molar-refractivity contribution in [3.05, 3.63) is 42.0 Å². The average molecular weight is 478 g/mol. The Morgan fingerprint density at radius 3 is 2.42 bits per heavy atom. The van der Waals surface area contributed by atoms with E-state index >= 15 is 0 Å². The molecule has 7 nitrogen and oxygen atoms in total. The third-order valence-electron chi connectivity index (χ3n) is 5.86. The number of nitrogens with one attached hydrogen (secondary N) is 1. The van der Waals surface area contributed by atoms with Gasteiger partial charge in [0.25, 0.3) is 0 Å². The molecule has 0 unspecified atom stereocenters. The van der Waals surface area contributed by atoms with Crippen LogP contribution in [0.4, 0.5) is 13.2 Å². The van der Waals surface area contributed by atoms with E-state index in [4.69, 9.17) is 0 Å². The number of hydrogen-bond donors (Lipinski definition) is 1. The smallest absolute Gasteiger partial charge is 0.244 e. The van der Waals surface area contributed by atoms with Gasteiger partial charge in [0.2, 0.25) is 10.0 Å². The van der Waals surface area contributed by atoms with Crippen LogP contribution < -0.4 is 4.72 Å². The molecule has 1 N–H and O–H groups in total. The number of benzene rings is 1. The molecular formula is C22H22F3N5O2S. The SMILES string of the molecule is N#Cc1c(-c2ncc(S(=O)(=O)NC(CF)CF)cn2)n(C2CCCCC2)c2ccc(F)cc12. The van der Waals surface area contributed by atoms with Gasteiger partial charge in [-0.15, -0.1) is 0 Å². The van der Waals surface area contributed by atoms with Crippen LogP contribution in [0.5, 0.6) is 0 Å². The molecule has 4 rings (SSSR count). The zero-order valence-corrected chi connectivity index (χ0v) is 18.5. The third kappa shape index (κ3) is 4.45. The fraction of sp³-hybridized carbons (Fsp3) is 0.409. The minimum absolute atomic E-state index is 0.0624. The Balaban J connectivity index is 1.83. The second-order valence-electron chi connectivity index (χ2n) is 8.03.